The second-order valence-corrected chi connectivity index (χ2v) is 5.90. The average Bonchev–Trinajstić information content (AvgIpc) is 3.03. The summed E-state index contributed by atoms with van der Waals surface area (Å²) in [5, 5.41) is 12.7. The van der Waals surface area contributed by atoms with Gasteiger partial charge in [0.1, 0.15) is 4.60 Å². The third-order valence-electron chi connectivity index (χ3n) is 3.93. The van der Waals surface area contributed by atoms with E-state index in [4.69, 9.17) is 0 Å². The first-order valence-electron chi connectivity index (χ1n) is 6.62. The van der Waals surface area contributed by atoms with E-state index in [2.05, 4.69) is 31.2 Å². The molecule has 0 spiro atoms. The topological polar surface area (TPSA) is 62.5 Å². The van der Waals surface area contributed by atoms with E-state index in [0.717, 1.165) is 29.0 Å². The molecule has 1 aliphatic rings. The van der Waals surface area contributed by atoms with Crippen LogP contribution in [0.1, 0.15) is 19.3 Å². The molecule has 0 amide bonds. The molecular weight excluding hydrogens is 308 g/mol. The fraction of sp³-hybridized carbons (Fsp3) is 0.538. The van der Waals surface area contributed by atoms with Crippen LogP contribution in [-0.2, 0) is 0 Å². The number of aromatic nitrogens is 3. The summed E-state index contributed by atoms with van der Waals surface area (Å²) in [4.78, 5) is 8.76. The third kappa shape index (κ3) is 2.60. The first kappa shape index (κ1) is 12.9. The zero-order valence-electron chi connectivity index (χ0n) is 10.6. The average molecular weight is 325 g/mol. The number of hydrogen-bond donors (Lipinski definition) is 2. The summed E-state index contributed by atoms with van der Waals surface area (Å²) in [6.45, 7) is 1.13. The predicted molar refractivity (Wildman–Crippen MR) is 77.1 cm³/mol. The van der Waals surface area contributed by atoms with Gasteiger partial charge in [-0.2, -0.15) is 0 Å². The molecule has 0 aliphatic heterocycles. The van der Waals surface area contributed by atoms with E-state index in [-0.39, 0.29) is 6.61 Å². The highest BCUT2D eigenvalue weighted by Gasteiger charge is 2.26. The van der Waals surface area contributed by atoms with Crippen molar-refractivity contribution in [3.05, 3.63) is 23.2 Å². The number of anilines is 1. The van der Waals surface area contributed by atoms with Crippen LogP contribution in [0.5, 0.6) is 0 Å². The van der Waals surface area contributed by atoms with E-state index < -0.39 is 0 Å². The number of halogens is 1. The summed E-state index contributed by atoms with van der Waals surface area (Å²) in [6, 6.07) is 0. The van der Waals surface area contributed by atoms with Crippen molar-refractivity contribution in [1.29, 1.82) is 0 Å². The van der Waals surface area contributed by atoms with E-state index in [1.807, 2.05) is 16.8 Å². The minimum atomic E-state index is 0.289. The van der Waals surface area contributed by atoms with E-state index >= 15 is 0 Å². The molecular formula is C13H17BrN4O. The number of hydrogen-bond acceptors (Lipinski definition) is 4. The summed E-state index contributed by atoms with van der Waals surface area (Å²) in [5.74, 6) is 1.75. The molecule has 3 rings (SSSR count). The molecule has 2 N–H and O–H groups in total. The number of nitrogens with one attached hydrogen (secondary N) is 1. The van der Waals surface area contributed by atoms with Crippen molar-refractivity contribution in [3.8, 4) is 0 Å². The summed E-state index contributed by atoms with van der Waals surface area (Å²) in [5.41, 5.74) is 0.835. The molecule has 5 nitrogen and oxygen atoms in total. The summed E-state index contributed by atoms with van der Waals surface area (Å²) >= 11 is 3.41. The Morgan fingerprint density at radius 3 is 3.11 bits per heavy atom. The molecule has 0 bridgehead atoms. The fourth-order valence-electron chi connectivity index (χ4n) is 2.87. The highest BCUT2D eigenvalue weighted by Crippen LogP contribution is 2.31. The standard InChI is InChI=1S/C13H17BrN4O/c14-11-7-18-5-4-15-13(18)12(17-11)16-6-9-2-1-3-10(9)8-19/h4-5,7,9-10,19H,1-3,6,8H2,(H,16,17). The Kier molecular flexibility index (Phi) is 3.70. The summed E-state index contributed by atoms with van der Waals surface area (Å²) in [7, 11) is 0. The largest absolute Gasteiger partial charge is 0.396 e. The van der Waals surface area contributed by atoms with Crippen LogP contribution in [0.25, 0.3) is 5.65 Å². The van der Waals surface area contributed by atoms with Crippen LogP contribution in [0.4, 0.5) is 5.82 Å². The quantitative estimate of drug-likeness (QED) is 0.906. The zero-order chi connectivity index (χ0) is 13.2. The van der Waals surface area contributed by atoms with Crippen LogP contribution in [0, 0.1) is 11.8 Å². The lowest BCUT2D eigenvalue weighted by molar-refractivity contribution is 0.199. The van der Waals surface area contributed by atoms with Gasteiger partial charge in [0, 0.05) is 31.7 Å². The number of imidazole rings is 1. The van der Waals surface area contributed by atoms with Gasteiger partial charge in [0.05, 0.1) is 0 Å². The molecule has 2 atom stereocenters. The number of rotatable bonds is 4. The van der Waals surface area contributed by atoms with Gasteiger partial charge in [-0.05, 0) is 40.6 Å². The van der Waals surface area contributed by atoms with Gasteiger partial charge in [-0.1, -0.05) is 6.42 Å². The van der Waals surface area contributed by atoms with Crippen LogP contribution in [0.3, 0.4) is 0 Å². The molecule has 1 saturated carbocycles. The molecule has 102 valence electrons. The summed E-state index contributed by atoms with van der Waals surface area (Å²) < 4.78 is 2.73. The first-order chi connectivity index (χ1) is 9.28. The van der Waals surface area contributed by atoms with Gasteiger partial charge in [-0.3, -0.25) is 0 Å². The van der Waals surface area contributed by atoms with E-state index in [0.29, 0.717) is 11.8 Å². The smallest absolute Gasteiger partial charge is 0.180 e. The number of aliphatic hydroxyl groups excluding tert-OH is 1. The van der Waals surface area contributed by atoms with Crippen molar-refractivity contribution in [2.75, 3.05) is 18.5 Å². The van der Waals surface area contributed by atoms with Gasteiger partial charge in [-0.15, -0.1) is 0 Å². The molecule has 0 aromatic carbocycles. The van der Waals surface area contributed by atoms with Gasteiger partial charge in [0.15, 0.2) is 11.5 Å². The maximum Gasteiger partial charge on any atom is 0.180 e. The second-order valence-electron chi connectivity index (χ2n) is 5.08. The van der Waals surface area contributed by atoms with Crippen molar-refractivity contribution < 1.29 is 5.11 Å². The lowest BCUT2D eigenvalue weighted by atomic mass is 9.97. The zero-order valence-corrected chi connectivity index (χ0v) is 12.2. The first-order valence-corrected chi connectivity index (χ1v) is 7.41. The number of fused-ring (bicyclic) bond motifs is 1. The van der Waals surface area contributed by atoms with Gasteiger partial charge >= 0.3 is 0 Å². The Labute approximate surface area is 120 Å². The monoisotopic (exact) mass is 324 g/mol. The van der Waals surface area contributed by atoms with Gasteiger partial charge in [0.2, 0.25) is 0 Å². The Morgan fingerprint density at radius 2 is 2.26 bits per heavy atom. The minimum absolute atomic E-state index is 0.289. The molecule has 2 aromatic rings. The van der Waals surface area contributed by atoms with Crippen molar-refractivity contribution in [2.24, 2.45) is 11.8 Å². The van der Waals surface area contributed by atoms with Crippen LogP contribution in [-0.4, -0.2) is 32.6 Å². The van der Waals surface area contributed by atoms with E-state index in [1.165, 1.54) is 12.8 Å². The Hall–Kier alpha value is -1.14. The van der Waals surface area contributed by atoms with E-state index in [9.17, 15) is 5.11 Å². The second kappa shape index (κ2) is 5.46. The van der Waals surface area contributed by atoms with Crippen molar-refractivity contribution >= 4 is 27.4 Å². The molecule has 0 saturated heterocycles. The van der Waals surface area contributed by atoms with Crippen LogP contribution >= 0.6 is 15.9 Å². The third-order valence-corrected chi connectivity index (χ3v) is 4.31. The predicted octanol–water partition coefficient (Wildman–Crippen LogP) is 2.31. The number of aliphatic hydroxyl groups is 1. The van der Waals surface area contributed by atoms with Gasteiger partial charge < -0.3 is 14.8 Å². The maximum atomic E-state index is 9.35. The highest BCUT2D eigenvalue weighted by molar-refractivity contribution is 9.10. The highest BCUT2D eigenvalue weighted by atomic mass is 79.9. The molecule has 19 heavy (non-hydrogen) atoms. The van der Waals surface area contributed by atoms with Crippen molar-refractivity contribution in [1.82, 2.24) is 14.4 Å². The molecule has 0 radical (unpaired) electrons. The Bertz CT molecular complexity index is 571. The fourth-order valence-corrected chi connectivity index (χ4v) is 3.27. The molecule has 2 aromatic heterocycles. The van der Waals surface area contributed by atoms with Crippen molar-refractivity contribution in [2.45, 2.75) is 19.3 Å². The Morgan fingerprint density at radius 1 is 1.42 bits per heavy atom. The normalized spacial score (nSPS) is 23.1. The summed E-state index contributed by atoms with van der Waals surface area (Å²) in [6.07, 6.45) is 9.08. The number of nitrogens with zero attached hydrogens (tertiary/aromatic N) is 3. The molecule has 2 heterocycles. The SMILES string of the molecule is OCC1CCCC1CNc1nc(Br)cn2ccnc12. The van der Waals surface area contributed by atoms with Crippen LogP contribution < -0.4 is 5.32 Å². The van der Waals surface area contributed by atoms with Gasteiger partial charge in [-0.25, -0.2) is 9.97 Å². The lowest BCUT2D eigenvalue weighted by Gasteiger charge is -2.18. The molecule has 1 aliphatic carbocycles. The van der Waals surface area contributed by atoms with Crippen molar-refractivity contribution in [3.63, 3.8) is 0 Å². The molecule has 1 fully saturated rings. The molecule has 6 heteroatoms. The van der Waals surface area contributed by atoms with Crippen LogP contribution in [0.2, 0.25) is 0 Å². The Balaban J connectivity index is 1.76. The maximum absolute atomic E-state index is 9.35. The molecule has 2 unspecified atom stereocenters. The van der Waals surface area contributed by atoms with E-state index in [1.54, 1.807) is 6.20 Å². The minimum Gasteiger partial charge on any atom is -0.396 e. The van der Waals surface area contributed by atoms with Crippen LogP contribution in [0.15, 0.2) is 23.2 Å². The van der Waals surface area contributed by atoms with Gasteiger partial charge in [0.25, 0.3) is 0 Å². The lowest BCUT2D eigenvalue weighted by Crippen LogP contribution is -2.21.